The van der Waals surface area contributed by atoms with Gasteiger partial charge in [-0.05, 0) is 29.3 Å². The highest BCUT2D eigenvalue weighted by Crippen LogP contribution is 2.44. The Bertz CT molecular complexity index is 1540. The van der Waals surface area contributed by atoms with E-state index in [1.807, 2.05) is 36.4 Å². The van der Waals surface area contributed by atoms with Crippen LogP contribution in [0.3, 0.4) is 0 Å². The van der Waals surface area contributed by atoms with Gasteiger partial charge in [-0.2, -0.15) is 5.10 Å². The van der Waals surface area contributed by atoms with Crippen molar-refractivity contribution in [2.75, 3.05) is 11.1 Å². The number of aromatic nitrogens is 2. The van der Waals surface area contributed by atoms with E-state index >= 15 is 0 Å². The van der Waals surface area contributed by atoms with Gasteiger partial charge in [-0.3, -0.25) is 14.8 Å². The molecule has 0 aliphatic carbocycles. The third-order valence-electron chi connectivity index (χ3n) is 5.58. The van der Waals surface area contributed by atoms with E-state index in [0.717, 1.165) is 35.8 Å². The molecule has 0 saturated carbocycles. The predicted molar refractivity (Wildman–Crippen MR) is 143 cm³/mol. The molecule has 2 aromatic carbocycles. The zero-order valence-corrected chi connectivity index (χ0v) is 20.9. The number of amides is 1. The fourth-order valence-corrected chi connectivity index (χ4v) is 6.30. The SMILES string of the molecule is Cn1ncc(-c2cc3sc(-c4ccc(CC(=O)O)cc4N)cc3s2)c1NC(=O)OCc1ccccc1. The molecule has 0 aliphatic heterocycles. The van der Waals surface area contributed by atoms with Crippen molar-refractivity contribution < 1.29 is 19.4 Å². The van der Waals surface area contributed by atoms with Crippen LogP contribution >= 0.6 is 22.7 Å². The number of aryl methyl sites for hydroxylation is 1. The summed E-state index contributed by atoms with van der Waals surface area (Å²) in [6.45, 7) is 0.178. The lowest BCUT2D eigenvalue weighted by Gasteiger charge is -2.09. The van der Waals surface area contributed by atoms with Gasteiger partial charge in [0.15, 0.2) is 0 Å². The van der Waals surface area contributed by atoms with Crippen LogP contribution in [0.1, 0.15) is 11.1 Å². The molecule has 10 heteroatoms. The third-order valence-corrected chi connectivity index (χ3v) is 7.94. The van der Waals surface area contributed by atoms with Crippen molar-refractivity contribution in [3.05, 3.63) is 78.0 Å². The highest BCUT2D eigenvalue weighted by Gasteiger charge is 2.18. The van der Waals surface area contributed by atoms with Crippen molar-refractivity contribution in [2.24, 2.45) is 7.05 Å². The van der Waals surface area contributed by atoms with Gasteiger partial charge in [-0.1, -0.05) is 42.5 Å². The van der Waals surface area contributed by atoms with E-state index in [2.05, 4.69) is 22.5 Å². The first-order valence-electron chi connectivity index (χ1n) is 11.0. The Morgan fingerprint density at radius 2 is 1.69 bits per heavy atom. The highest BCUT2D eigenvalue weighted by molar-refractivity contribution is 7.31. The van der Waals surface area contributed by atoms with Crippen LogP contribution < -0.4 is 11.1 Å². The van der Waals surface area contributed by atoms with Gasteiger partial charge in [0, 0.05) is 37.5 Å². The first-order valence-corrected chi connectivity index (χ1v) is 12.6. The number of nitrogens with zero attached hydrogens (tertiary/aromatic N) is 2. The van der Waals surface area contributed by atoms with E-state index in [0.29, 0.717) is 17.1 Å². The van der Waals surface area contributed by atoms with Crippen LogP contribution in [0.4, 0.5) is 16.3 Å². The molecule has 0 spiro atoms. The number of carboxylic acid groups (broad SMARTS) is 1. The molecule has 5 aromatic rings. The Morgan fingerprint density at radius 1 is 1.00 bits per heavy atom. The number of benzene rings is 2. The standard InChI is InChI=1S/C26H22N4O4S2/c1-30-25(29-26(33)34-14-15-5-3-2-4-6-15)18(13-28-30)21-12-23-22(36-21)11-20(35-23)17-8-7-16(9-19(17)27)10-24(31)32/h2-9,11-13H,10,14,27H2,1H3,(H,29,33)(H,31,32). The number of nitrogens with one attached hydrogen (secondary N) is 1. The van der Waals surface area contributed by atoms with Crippen LogP contribution in [0, 0.1) is 0 Å². The van der Waals surface area contributed by atoms with E-state index in [4.69, 9.17) is 15.6 Å². The second kappa shape index (κ2) is 9.84. The number of hydrogen-bond acceptors (Lipinski definition) is 7. The van der Waals surface area contributed by atoms with Gasteiger partial charge in [0.2, 0.25) is 0 Å². The van der Waals surface area contributed by atoms with Crippen molar-refractivity contribution in [1.82, 2.24) is 9.78 Å². The molecule has 8 nitrogen and oxygen atoms in total. The van der Waals surface area contributed by atoms with E-state index in [-0.39, 0.29) is 13.0 Å². The number of nitrogen functional groups attached to an aromatic ring is 1. The highest BCUT2D eigenvalue weighted by atomic mass is 32.1. The molecule has 5 rings (SSSR count). The van der Waals surface area contributed by atoms with E-state index in [1.54, 1.807) is 52.7 Å². The van der Waals surface area contributed by atoms with Crippen molar-refractivity contribution in [3.8, 4) is 20.9 Å². The number of rotatable bonds is 7. The summed E-state index contributed by atoms with van der Waals surface area (Å²) >= 11 is 3.20. The zero-order chi connectivity index (χ0) is 25.2. The van der Waals surface area contributed by atoms with Gasteiger partial charge in [0.1, 0.15) is 12.4 Å². The second-order valence-corrected chi connectivity index (χ2v) is 10.3. The number of nitrogens with two attached hydrogens (primary N) is 1. The summed E-state index contributed by atoms with van der Waals surface area (Å²) in [6, 6.07) is 19.0. The maximum Gasteiger partial charge on any atom is 0.413 e. The number of carbonyl (C=O) groups is 2. The molecular weight excluding hydrogens is 496 g/mol. The first kappa shape index (κ1) is 23.6. The van der Waals surface area contributed by atoms with Crippen LogP contribution in [0.5, 0.6) is 0 Å². The predicted octanol–water partition coefficient (Wildman–Crippen LogP) is 5.99. The number of ether oxygens (including phenoxy) is 1. The molecular formula is C26H22N4O4S2. The molecule has 0 fully saturated rings. The van der Waals surface area contributed by atoms with Crippen molar-refractivity contribution in [1.29, 1.82) is 0 Å². The van der Waals surface area contributed by atoms with Crippen molar-refractivity contribution >= 4 is 55.6 Å². The minimum Gasteiger partial charge on any atom is -0.481 e. The topological polar surface area (TPSA) is 119 Å². The van der Waals surface area contributed by atoms with Crippen LogP contribution in [-0.4, -0.2) is 26.9 Å². The number of fused-ring (bicyclic) bond motifs is 1. The lowest BCUT2D eigenvalue weighted by Crippen LogP contribution is -2.16. The number of anilines is 2. The third kappa shape index (κ3) is 4.95. The van der Waals surface area contributed by atoms with Gasteiger partial charge < -0.3 is 15.6 Å². The Morgan fingerprint density at radius 3 is 2.36 bits per heavy atom. The van der Waals surface area contributed by atoms with Gasteiger partial charge in [-0.15, -0.1) is 22.7 Å². The quantitative estimate of drug-likeness (QED) is 0.228. The molecule has 0 radical (unpaired) electrons. The van der Waals surface area contributed by atoms with E-state index < -0.39 is 12.1 Å². The number of carboxylic acids is 1. The summed E-state index contributed by atoms with van der Waals surface area (Å²) < 4.78 is 9.14. The number of aliphatic carboxylic acids is 1. The van der Waals surface area contributed by atoms with Crippen LogP contribution in [0.15, 0.2) is 66.9 Å². The Labute approximate surface area is 214 Å². The van der Waals surface area contributed by atoms with Gasteiger partial charge in [-0.25, -0.2) is 4.79 Å². The average molecular weight is 519 g/mol. The molecule has 0 unspecified atom stereocenters. The number of carbonyl (C=O) groups excluding carboxylic acids is 1. The van der Waals surface area contributed by atoms with Crippen molar-refractivity contribution in [2.45, 2.75) is 13.0 Å². The minimum atomic E-state index is -0.889. The fourth-order valence-electron chi connectivity index (χ4n) is 3.84. The van der Waals surface area contributed by atoms with Crippen LogP contribution in [0.25, 0.3) is 30.3 Å². The first-order chi connectivity index (χ1) is 17.4. The summed E-state index contributed by atoms with van der Waals surface area (Å²) in [6.07, 6.45) is 1.11. The largest absolute Gasteiger partial charge is 0.481 e. The monoisotopic (exact) mass is 518 g/mol. The summed E-state index contributed by atoms with van der Waals surface area (Å²) in [5, 5.41) is 16.1. The molecule has 182 valence electrons. The van der Waals surface area contributed by atoms with E-state index in [9.17, 15) is 9.59 Å². The maximum absolute atomic E-state index is 12.4. The Kier molecular flexibility index (Phi) is 6.45. The molecule has 1 amide bonds. The van der Waals surface area contributed by atoms with Crippen molar-refractivity contribution in [3.63, 3.8) is 0 Å². The average Bonchev–Trinajstić information content (AvgIpc) is 3.52. The molecule has 0 aliphatic rings. The van der Waals surface area contributed by atoms with E-state index in [1.165, 1.54) is 0 Å². The normalized spacial score (nSPS) is 11.0. The minimum absolute atomic E-state index is 0.0609. The molecule has 0 saturated heterocycles. The zero-order valence-electron chi connectivity index (χ0n) is 19.2. The smallest absolute Gasteiger partial charge is 0.413 e. The fraction of sp³-hybridized carbons (Fsp3) is 0.115. The molecule has 0 bridgehead atoms. The van der Waals surface area contributed by atoms with Gasteiger partial charge in [0.05, 0.1) is 18.2 Å². The molecule has 4 N–H and O–H groups in total. The molecule has 36 heavy (non-hydrogen) atoms. The summed E-state index contributed by atoms with van der Waals surface area (Å²) in [5.74, 6) is -0.333. The maximum atomic E-state index is 12.4. The van der Waals surface area contributed by atoms with Gasteiger partial charge in [0.25, 0.3) is 0 Å². The Hall–Kier alpha value is -4.15. The molecule has 3 heterocycles. The number of thiophene rings is 2. The van der Waals surface area contributed by atoms with Gasteiger partial charge >= 0.3 is 12.1 Å². The van der Waals surface area contributed by atoms with Crippen LogP contribution in [0.2, 0.25) is 0 Å². The lowest BCUT2D eigenvalue weighted by molar-refractivity contribution is -0.136. The second-order valence-electron chi connectivity index (χ2n) is 8.16. The lowest BCUT2D eigenvalue weighted by atomic mass is 10.1. The summed E-state index contributed by atoms with van der Waals surface area (Å²) in [5.41, 5.74) is 10.0. The Balaban J connectivity index is 1.35. The molecule has 0 atom stereocenters. The summed E-state index contributed by atoms with van der Waals surface area (Å²) in [7, 11) is 1.77. The number of hydrogen-bond donors (Lipinski definition) is 3. The van der Waals surface area contributed by atoms with Crippen LogP contribution in [-0.2, 0) is 29.6 Å². The summed E-state index contributed by atoms with van der Waals surface area (Å²) in [4.78, 5) is 25.4. The molecule has 3 aromatic heterocycles.